The molecule has 11 heteroatoms. The van der Waals surface area contributed by atoms with E-state index in [1.54, 1.807) is 0 Å². The van der Waals surface area contributed by atoms with Gasteiger partial charge in [0.15, 0.2) is 9.84 Å². The van der Waals surface area contributed by atoms with Crippen molar-refractivity contribution in [1.82, 2.24) is 0 Å². The number of halogens is 3. The molecule has 0 radical (unpaired) electrons. The molecular formula is C11H15F3N2O4S2. The fourth-order valence-corrected chi connectivity index (χ4v) is 3.69. The molecule has 0 fully saturated rings. The third-order valence-electron chi connectivity index (χ3n) is 2.78. The molecule has 1 aromatic carbocycles. The van der Waals surface area contributed by atoms with Crippen LogP contribution in [0.25, 0.3) is 0 Å². The molecule has 0 saturated heterocycles. The topological polar surface area (TPSA) is 120 Å². The summed E-state index contributed by atoms with van der Waals surface area (Å²) in [6.07, 6.45) is -4.80. The molecular weight excluding hydrogens is 345 g/mol. The first-order valence-electron chi connectivity index (χ1n) is 6.03. The average Bonchev–Trinajstić information content (AvgIpc) is 2.32. The number of nitrogens with two attached hydrogens (primary N) is 2. The van der Waals surface area contributed by atoms with Crippen molar-refractivity contribution in [2.45, 2.75) is 23.9 Å². The zero-order chi connectivity index (χ0) is 17.2. The second-order valence-electron chi connectivity index (χ2n) is 4.64. The molecule has 0 aliphatic heterocycles. The molecule has 1 aromatic rings. The Morgan fingerprint density at radius 2 is 1.55 bits per heavy atom. The first-order chi connectivity index (χ1) is 9.83. The van der Waals surface area contributed by atoms with Crippen molar-refractivity contribution >= 4 is 25.5 Å². The van der Waals surface area contributed by atoms with Gasteiger partial charge in [0.05, 0.1) is 22.0 Å². The maximum Gasteiger partial charge on any atom is 0.418 e. The van der Waals surface area contributed by atoms with E-state index in [0.717, 1.165) is 12.1 Å². The highest BCUT2D eigenvalue weighted by atomic mass is 32.2. The Bertz CT molecular complexity index is 743. The molecule has 126 valence electrons. The van der Waals surface area contributed by atoms with Crippen LogP contribution in [-0.2, 0) is 26.0 Å². The van der Waals surface area contributed by atoms with Crippen molar-refractivity contribution in [2.75, 3.05) is 17.2 Å². The molecule has 0 aromatic heterocycles. The number of unbranched alkanes of at least 4 members (excludes halogenated alkanes) is 1. The highest BCUT2D eigenvalue weighted by molar-refractivity contribution is 7.91. The maximum atomic E-state index is 12.7. The highest BCUT2D eigenvalue weighted by Gasteiger charge is 2.34. The third-order valence-corrected chi connectivity index (χ3v) is 5.44. The Morgan fingerprint density at radius 1 is 1.00 bits per heavy atom. The van der Waals surface area contributed by atoms with Crippen molar-refractivity contribution in [1.29, 1.82) is 0 Å². The highest BCUT2D eigenvalue weighted by Crippen LogP contribution is 2.35. The van der Waals surface area contributed by atoms with E-state index in [0.29, 0.717) is 6.07 Å². The normalized spacial score (nSPS) is 13.3. The van der Waals surface area contributed by atoms with Gasteiger partial charge >= 0.3 is 6.18 Å². The maximum absolute atomic E-state index is 12.7. The molecule has 22 heavy (non-hydrogen) atoms. The van der Waals surface area contributed by atoms with Crippen LogP contribution in [0.5, 0.6) is 0 Å². The molecule has 0 aliphatic rings. The number of alkyl halides is 3. The van der Waals surface area contributed by atoms with E-state index in [4.69, 9.17) is 10.9 Å². The Balaban J connectivity index is 2.90. The molecule has 0 aliphatic carbocycles. The summed E-state index contributed by atoms with van der Waals surface area (Å²) in [5.74, 6) is -0.873. The van der Waals surface area contributed by atoms with Crippen molar-refractivity contribution in [2.24, 2.45) is 5.14 Å². The lowest BCUT2D eigenvalue weighted by molar-refractivity contribution is -0.137. The lowest BCUT2D eigenvalue weighted by Gasteiger charge is -2.12. The van der Waals surface area contributed by atoms with Crippen LogP contribution in [0.1, 0.15) is 18.4 Å². The lowest BCUT2D eigenvalue weighted by atomic mass is 10.2. The van der Waals surface area contributed by atoms with Crippen molar-refractivity contribution < 1.29 is 30.0 Å². The Morgan fingerprint density at radius 3 is 2.05 bits per heavy atom. The van der Waals surface area contributed by atoms with Gasteiger partial charge in [-0.1, -0.05) is 0 Å². The van der Waals surface area contributed by atoms with E-state index in [9.17, 15) is 30.0 Å². The van der Waals surface area contributed by atoms with E-state index in [1.165, 1.54) is 0 Å². The summed E-state index contributed by atoms with van der Waals surface area (Å²) in [6, 6.07) is 2.34. The number of nitrogen functional groups attached to an aromatic ring is 1. The van der Waals surface area contributed by atoms with Gasteiger partial charge in [0.2, 0.25) is 10.0 Å². The number of hydrogen-bond acceptors (Lipinski definition) is 5. The van der Waals surface area contributed by atoms with Gasteiger partial charge in [-0.3, -0.25) is 0 Å². The molecule has 0 spiro atoms. The number of primary sulfonamides is 1. The lowest BCUT2D eigenvalue weighted by Crippen LogP contribution is -2.17. The summed E-state index contributed by atoms with van der Waals surface area (Å²) in [7, 11) is -7.67. The van der Waals surface area contributed by atoms with E-state index >= 15 is 0 Å². The number of benzene rings is 1. The van der Waals surface area contributed by atoms with Crippen molar-refractivity contribution in [3.05, 3.63) is 23.8 Å². The zero-order valence-corrected chi connectivity index (χ0v) is 12.9. The summed E-state index contributed by atoms with van der Waals surface area (Å²) in [6.45, 7) is 0. The van der Waals surface area contributed by atoms with E-state index in [2.05, 4.69) is 0 Å². The van der Waals surface area contributed by atoms with Crippen molar-refractivity contribution in [3.63, 3.8) is 0 Å². The molecule has 0 heterocycles. The quantitative estimate of drug-likeness (QED) is 0.582. The van der Waals surface area contributed by atoms with Crippen LogP contribution >= 0.6 is 0 Å². The smallest absolute Gasteiger partial charge is 0.398 e. The SMILES string of the molecule is Nc1ccc(S(=O)(=O)CCCCS(N)(=O)=O)cc1C(F)(F)F. The standard InChI is InChI=1S/C11H15F3N2O4S2/c12-11(13,14)9-7-8(3-4-10(9)15)21(17,18)5-1-2-6-22(16,19)20/h3-4,7H,1-2,5-6,15H2,(H2,16,19,20). The second-order valence-corrected chi connectivity index (χ2v) is 8.48. The van der Waals surface area contributed by atoms with Gasteiger partial charge in [-0.2, -0.15) is 13.2 Å². The third kappa shape index (κ3) is 5.46. The van der Waals surface area contributed by atoms with Crippen molar-refractivity contribution in [3.8, 4) is 0 Å². The van der Waals surface area contributed by atoms with Crippen LogP contribution < -0.4 is 10.9 Å². The number of rotatable bonds is 6. The fraction of sp³-hybridized carbons (Fsp3) is 0.455. The van der Waals surface area contributed by atoms with E-state index in [-0.39, 0.29) is 12.8 Å². The predicted octanol–water partition coefficient (Wildman–Crippen LogP) is 1.13. The second kappa shape index (κ2) is 6.42. The summed E-state index contributed by atoms with van der Waals surface area (Å²) < 4.78 is 83.4. The first kappa shape index (κ1) is 18.7. The minimum absolute atomic E-state index is 0.000830. The summed E-state index contributed by atoms with van der Waals surface area (Å²) in [5, 5.41) is 4.76. The number of sulfonamides is 1. The van der Waals surface area contributed by atoms with E-state index < -0.39 is 53.7 Å². The summed E-state index contributed by atoms with van der Waals surface area (Å²) in [5.41, 5.74) is 3.40. The molecule has 4 N–H and O–H groups in total. The van der Waals surface area contributed by atoms with Gasteiger partial charge < -0.3 is 5.73 Å². The molecule has 0 bridgehead atoms. The van der Waals surface area contributed by atoms with Gasteiger partial charge in [0.25, 0.3) is 0 Å². The zero-order valence-electron chi connectivity index (χ0n) is 11.3. The fourth-order valence-electron chi connectivity index (χ4n) is 1.69. The largest absolute Gasteiger partial charge is 0.418 e. The first-order valence-corrected chi connectivity index (χ1v) is 9.40. The van der Waals surface area contributed by atoms with Gasteiger partial charge in [-0.05, 0) is 31.0 Å². The molecule has 0 unspecified atom stereocenters. The van der Waals surface area contributed by atoms with Crippen LogP contribution in [0.15, 0.2) is 23.1 Å². The number of anilines is 1. The van der Waals surface area contributed by atoms with Crippen LogP contribution in [0.3, 0.4) is 0 Å². The molecule has 0 atom stereocenters. The summed E-state index contributed by atoms with van der Waals surface area (Å²) in [4.78, 5) is -0.510. The molecule has 1 rings (SSSR count). The van der Waals surface area contributed by atoms with Gasteiger partial charge in [-0.15, -0.1) is 0 Å². The van der Waals surface area contributed by atoms with Gasteiger partial charge in [0.1, 0.15) is 0 Å². The predicted molar refractivity (Wildman–Crippen MR) is 75.1 cm³/mol. The minimum Gasteiger partial charge on any atom is -0.398 e. The number of hydrogen-bond donors (Lipinski definition) is 2. The molecule has 0 amide bonds. The number of sulfone groups is 1. The minimum atomic E-state index is -4.76. The van der Waals surface area contributed by atoms with E-state index in [1.807, 2.05) is 0 Å². The van der Waals surface area contributed by atoms with Gasteiger partial charge in [0, 0.05) is 5.69 Å². The van der Waals surface area contributed by atoms with Crippen LogP contribution in [0, 0.1) is 0 Å². The molecule has 6 nitrogen and oxygen atoms in total. The molecule has 0 saturated carbocycles. The Kier molecular flexibility index (Phi) is 5.47. The monoisotopic (exact) mass is 360 g/mol. The van der Waals surface area contributed by atoms with Crippen LogP contribution in [0.2, 0.25) is 0 Å². The average molecular weight is 360 g/mol. The Labute approximate surface area is 126 Å². The van der Waals surface area contributed by atoms with Gasteiger partial charge in [-0.25, -0.2) is 22.0 Å². The van der Waals surface area contributed by atoms with Crippen LogP contribution in [-0.4, -0.2) is 28.3 Å². The van der Waals surface area contributed by atoms with Crippen LogP contribution in [0.4, 0.5) is 18.9 Å². The Hall–Kier alpha value is -1.33. The summed E-state index contributed by atoms with van der Waals surface area (Å²) >= 11 is 0.